The molecule has 84 valence electrons. The van der Waals surface area contributed by atoms with Gasteiger partial charge in [-0.2, -0.15) is 0 Å². The zero-order valence-electron chi connectivity index (χ0n) is 9.02. The van der Waals surface area contributed by atoms with Crippen molar-refractivity contribution in [3.8, 4) is 0 Å². The molecule has 0 heterocycles. The van der Waals surface area contributed by atoms with E-state index in [1.807, 2.05) is 24.3 Å². The zero-order valence-corrected chi connectivity index (χ0v) is 9.83. The Hall–Kier alpha value is -0.510. The highest BCUT2D eigenvalue weighted by molar-refractivity contribution is 7.99. The van der Waals surface area contributed by atoms with Crippen molar-refractivity contribution in [2.24, 2.45) is 0 Å². The molecule has 1 atom stereocenters. The van der Waals surface area contributed by atoms with E-state index in [9.17, 15) is 5.11 Å². The Morgan fingerprint density at radius 3 is 2.40 bits per heavy atom. The van der Waals surface area contributed by atoms with Crippen molar-refractivity contribution >= 4 is 11.8 Å². The van der Waals surface area contributed by atoms with Gasteiger partial charge in [-0.25, -0.2) is 0 Å². The lowest BCUT2D eigenvalue weighted by Crippen LogP contribution is -1.90. The summed E-state index contributed by atoms with van der Waals surface area (Å²) < 4.78 is 0. The second kappa shape index (κ2) is 6.88. The third kappa shape index (κ3) is 4.69. The first-order valence-electron chi connectivity index (χ1n) is 5.25. The Bertz CT molecular complexity index is 269. The van der Waals surface area contributed by atoms with Crippen LogP contribution in [0.15, 0.2) is 29.2 Å². The van der Waals surface area contributed by atoms with E-state index >= 15 is 0 Å². The Morgan fingerprint density at radius 2 is 1.87 bits per heavy atom. The largest absolute Gasteiger partial charge is 0.396 e. The first-order valence-corrected chi connectivity index (χ1v) is 6.24. The van der Waals surface area contributed by atoms with Gasteiger partial charge in [0.15, 0.2) is 0 Å². The van der Waals surface area contributed by atoms with Gasteiger partial charge in [0.1, 0.15) is 0 Å². The Kier molecular flexibility index (Phi) is 5.76. The molecule has 3 heteroatoms. The molecule has 0 aliphatic carbocycles. The predicted molar refractivity (Wildman–Crippen MR) is 64.1 cm³/mol. The Labute approximate surface area is 95.3 Å². The van der Waals surface area contributed by atoms with Crippen molar-refractivity contribution in [3.63, 3.8) is 0 Å². The van der Waals surface area contributed by atoms with E-state index < -0.39 is 6.10 Å². The second-order valence-corrected chi connectivity index (χ2v) is 4.69. The summed E-state index contributed by atoms with van der Waals surface area (Å²) >= 11 is 1.79. The van der Waals surface area contributed by atoms with E-state index in [-0.39, 0.29) is 6.61 Å². The zero-order chi connectivity index (χ0) is 11.1. The average Bonchev–Trinajstić information content (AvgIpc) is 2.25. The highest BCUT2D eigenvalue weighted by atomic mass is 32.2. The van der Waals surface area contributed by atoms with Crippen LogP contribution in [0.25, 0.3) is 0 Å². The SMILES string of the molecule is CC(O)c1ccc(SCCCCO)cc1. The molecule has 0 radical (unpaired) electrons. The van der Waals surface area contributed by atoms with Gasteiger partial charge in [0.05, 0.1) is 6.10 Å². The molecular weight excluding hydrogens is 208 g/mol. The van der Waals surface area contributed by atoms with Crippen LogP contribution in [-0.2, 0) is 0 Å². The van der Waals surface area contributed by atoms with E-state index in [0.717, 1.165) is 24.2 Å². The molecule has 1 rings (SSSR count). The van der Waals surface area contributed by atoms with Crippen LogP contribution >= 0.6 is 11.8 Å². The van der Waals surface area contributed by atoms with Crippen LogP contribution in [-0.4, -0.2) is 22.6 Å². The lowest BCUT2D eigenvalue weighted by molar-refractivity contribution is 0.199. The molecule has 0 aromatic heterocycles. The van der Waals surface area contributed by atoms with Crippen molar-refractivity contribution in [2.45, 2.75) is 30.8 Å². The lowest BCUT2D eigenvalue weighted by Gasteiger charge is -2.05. The first kappa shape index (κ1) is 12.6. The maximum atomic E-state index is 9.33. The van der Waals surface area contributed by atoms with Gasteiger partial charge < -0.3 is 10.2 Å². The molecule has 0 saturated carbocycles. The maximum absolute atomic E-state index is 9.33. The summed E-state index contributed by atoms with van der Waals surface area (Å²) in [6.45, 7) is 2.05. The number of aliphatic hydroxyl groups is 2. The van der Waals surface area contributed by atoms with Gasteiger partial charge in [-0.3, -0.25) is 0 Å². The molecule has 0 bridgehead atoms. The van der Waals surface area contributed by atoms with Crippen LogP contribution in [0, 0.1) is 0 Å². The number of thioether (sulfide) groups is 1. The molecule has 0 saturated heterocycles. The second-order valence-electron chi connectivity index (χ2n) is 3.52. The highest BCUT2D eigenvalue weighted by Crippen LogP contribution is 2.21. The molecule has 0 amide bonds. The molecule has 1 unspecified atom stereocenters. The van der Waals surface area contributed by atoms with Crippen LogP contribution in [0.3, 0.4) is 0 Å². The van der Waals surface area contributed by atoms with Crippen LogP contribution in [0.4, 0.5) is 0 Å². The lowest BCUT2D eigenvalue weighted by atomic mass is 10.1. The van der Waals surface area contributed by atoms with Gasteiger partial charge in [-0.15, -0.1) is 11.8 Å². The third-order valence-electron chi connectivity index (χ3n) is 2.18. The maximum Gasteiger partial charge on any atom is 0.0761 e. The van der Waals surface area contributed by atoms with Crippen molar-refractivity contribution < 1.29 is 10.2 Å². The number of benzene rings is 1. The number of unbranched alkanes of at least 4 members (excludes halogenated alkanes) is 1. The number of hydrogen-bond acceptors (Lipinski definition) is 3. The fourth-order valence-corrected chi connectivity index (χ4v) is 2.16. The van der Waals surface area contributed by atoms with Gasteiger partial charge >= 0.3 is 0 Å². The smallest absolute Gasteiger partial charge is 0.0761 e. The van der Waals surface area contributed by atoms with Gasteiger partial charge in [0.2, 0.25) is 0 Å². The minimum absolute atomic E-state index is 0.279. The van der Waals surface area contributed by atoms with Crippen molar-refractivity contribution in [3.05, 3.63) is 29.8 Å². The molecule has 0 fully saturated rings. The third-order valence-corrected chi connectivity index (χ3v) is 3.28. The molecule has 0 aliphatic heterocycles. The molecule has 2 nitrogen and oxygen atoms in total. The topological polar surface area (TPSA) is 40.5 Å². The van der Waals surface area contributed by atoms with Gasteiger partial charge in [-0.05, 0) is 43.2 Å². The molecular formula is C12H18O2S. The molecule has 15 heavy (non-hydrogen) atoms. The normalized spacial score (nSPS) is 12.7. The van der Waals surface area contributed by atoms with Crippen LogP contribution in [0.2, 0.25) is 0 Å². The number of hydrogen-bond donors (Lipinski definition) is 2. The van der Waals surface area contributed by atoms with Crippen molar-refractivity contribution in [2.75, 3.05) is 12.4 Å². The predicted octanol–water partition coefficient (Wildman–Crippen LogP) is 2.60. The van der Waals surface area contributed by atoms with Gasteiger partial charge in [-0.1, -0.05) is 12.1 Å². The average molecular weight is 226 g/mol. The van der Waals surface area contributed by atoms with Gasteiger partial charge in [0.25, 0.3) is 0 Å². The summed E-state index contributed by atoms with van der Waals surface area (Å²) in [5, 5.41) is 17.9. The summed E-state index contributed by atoms with van der Waals surface area (Å²) in [6.07, 6.45) is 1.52. The van der Waals surface area contributed by atoms with Crippen molar-refractivity contribution in [1.82, 2.24) is 0 Å². The van der Waals surface area contributed by atoms with E-state index in [4.69, 9.17) is 5.11 Å². The van der Waals surface area contributed by atoms with E-state index in [0.29, 0.717) is 0 Å². The minimum atomic E-state index is -0.390. The molecule has 1 aromatic rings. The quantitative estimate of drug-likeness (QED) is 0.578. The Morgan fingerprint density at radius 1 is 1.20 bits per heavy atom. The van der Waals surface area contributed by atoms with E-state index in [1.165, 1.54) is 4.90 Å². The standard InChI is InChI=1S/C12H18O2S/c1-10(14)11-4-6-12(7-5-11)15-9-3-2-8-13/h4-7,10,13-14H,2-3,8-9H2,1H3. The molecule has 1 aromatic carbocycles. The fourth-order valence-electron chi connectivity index (χ4n) is 1.25. The van der Waals surface area contributed by atoms with Crippen LogP contribution < -0.4 is 0 Å². The summed E-state index contributed by atoms with van der Waals surface area (Å²) in [7, 11) is 0. The highest BCUT2D eigenvalue weighted by Gasteiger charge is 2.00. The minimum Gasteiger partial charge on any atom is -0.396 e. The van der Waals surface area contributed by atoms with E-state index in [2.05, 4.69) is 0 Å². The van der Waals surface area contributed by atoms with Crippen molar-refractivity contribution in [1.29, 1.82) is 0 Å². The summed E-state index contributed by atoms with van der Waals surface area (Å²) in [5.41, 5.74) is 0.953. The molecule has 2 N–H and O–H groups in total. The molecule has 0 spiro atoms. The fraction of sp³-hybridized carbons (Fsp3) is 0.500. The van der Waals surface area contributed by atoms with E-state index in [1.54, 1.807) is 18.7 Å². The first-order chi connectivity index (χ1) is 7.24. The summed E-state index contributed by atoms with van der Waals surface area (Å²) in [6, 6.07) is 7.98. The van der Waals surface area contributed by atoms with Crippen LogP contribution in [0.1, 0.15) is 31.4 Å². The Balaban J connectivity index is 2.36. The van der Waals surface area contributed by atoms with Gasteiger partial charge in [0, 0.05) is 11.5 Å². The van der Waals surface area contributed by atoms with Crippen LogP contribution in [0.5, 0.6) is 0 Å². The summed E-state index contributed by atoms with van der Waals surface area (Å²) in [5.74, 6) is 1.04. The number of aliphatic hydroxyl groups excluding tert-OH is 2. The number of rotatable bonds is 6. The monoisotopic (exact) mass is 226 g/mol. The molecule has 0 aliphatic rings. The summed E-state index contributed by atoms with van der Waals surface area (Å²) in [4.78, 5) is 1.22.